The molecule has 6 atom stereocenters. The van der Waals surface area contributed by atoms with E-state index in [0.29, 0.717) is 19.8 Å². The second kappa shape index (κ2) is 14.2. The van der Waals surface area contributed by atoms with Crippen LogP contribution in [0.4, 0.5) is 0 Å². The Hall–Kier alpha value is -2.58. The van der Waals surface area contributed by atoms with Gasteiger partial charge >= 0.3 is 0 Å². The average Bonchev–Trinajstić information content (AvgIpc) is 3.00. The molecule has 0 bridgehead atoms. The van der Waals surface area contributed by atoms with E-state index in [1.807, 2.05) is 91.0 Å². The molecule has 0 heterocycles. The third kappa shape index (κ3) is 7.54. The molecule has 2 saturated carbocycles. The molecule has 0 spiro atoms. The summed E-state index contributed by atoms with van der Waals surface area (Å²) in [6.07, 6.45) is 1.56. The van der Waals surface area contributed by atoms with Crippen LogP contribution in [0.15, 0.2) is 91.0 Å². The number of aliphatic hydroxyl groups excluding tert-OH is 2. The van der Waals surface area contributed by atoms with Crippen LogP contribution in [0.2, 0.25) is 0 Å². The van der Waals surface area contributed by atoms with Crippen molar-refractivity contribution < 1.29 is 24.4 Å². The van der Waals surface area contributed by atoms with E-state index in [-0.39, 0.29) is 6.04 Å². The largest absolute Gasteiger partial charge is 0.389 e. The first-order valence-corrected chi connectivity index (χ1v) is 14.3. The minimum absolute atomic E-state index is 0.269. The Kier molecular flexibility index (Phi) is 10.2. The fourth-order valence-corrected chi connectivity index (χ4v) is 5.80. The summed E-state index contributed by atoms with van der Waals surface area (Å²) in [5.74, 6) is 0. The predicted octanol–water partition coefficient (Wildman–Crippen LogP) is 4.77. The van der Waals surface area contributed by atoms with Gasteiger partial charge in [-0.1, -0.05) is 110 Å². The first-order chi connectivity index (χ1) is 19.2. The minimum Gasteiger partial charge on any atom is -0.389 e. The molecule has 0 radical (unpaired) electrons. The molecule has 6 nitrogen and oxygen atoms in total. The molecule has 2 aliphatic carbocycles. The maximum absolute atomic E-state index is 11.5. The molecular formula is C33H41NO5. The standard InChI is InChI=1S/C33H41NO5/c35-29-28(34-27-19-11-4-12-20-27)31(37-21-24-13-5-1-6-14-24)33(39-23-26-17-9-3-10-18-26)32(30(29)36)38-22-25-15-7-2-8-16-25/h1-3,5-10,13-18,27-36H,4,11-12,19-23H2/t28-,29-,30-,31-,32+,33+/m0/s1. The Balaban J connectivity index is 1.42. The summed E-state index contributed by atoms with van der Waals surface area (Å²) >= 11 is 0. The maximum Gasteiger partial charge on any atom is 0.115 e. The van der Waals surface area contributed by atoms with Gasteiger partial charge in [0, 0.05) is 6.04 Å². The lowest BCUT2D eigenvalue weighted by molar-refractivity contribution is -0.239. The van der Waals surface area contributed by atoms with Gasteiger partial charge in [-0.2, -0.15) is 0 Å². The molecular weight excluding hydrogens is 490 g/mol. The Morgan fingerprint density at radius 1 is 0.538 bits per heavy atom. The molecule has 0 aromatic heterocycles. The normalized spacial score (nSPS) is 27.8. The number of aliphatic hydroxyl groups is 2. The van der Waals surface area contributed by atoms with Crippen molar-refractivity contribution in [3.05, 3.63) is 108 Å². The fraction of sp³-hybridized carbons (Fsp3) is 0.455. The molecule has 6 heteroatoms. The van der Waals surface area contributed by atoms with Gasteiger partial charge in [-0.05, 0) is 29.5 Å². The Morgan fingerprint density at radius 2 is 0.974 bits per heavy atom. The van der Waals surface area contributed by atoms with E-state index in [4.69, 9.17) is 14.2 Å². The number of hydrogen-bond donors (Lipinski definition) is 3. The van der Waals surface area contributed by atoms with E-state index < -0.39 is 36.6 Å². The van der Waals surface area contributed by atoms with Gasteiger partial charge < -0.3 is 29.7 Å². The van der Waals surface area contributed by atoms with E-state index in [2.05, 4.69) is 5.32 Å². The van der Waals surface area contributed by atoms with Crippen molar-refractivity contribution in [1.82, 2.24) is 5.32 Å². The highest BCUT2D eigenvalue weighted by Crippen LogP contribution is 2.32. The van der Waals surface area contributed by atoms with E-state index in [1.54, 1.807) is 0 Å². The molecule has 5 rings (SSSR count). The summed E-state index contributed by atoms with van der Waals surface area (Å²) in [5.41, 5.74) is 3.06. The molecule has 2 aliphatic rings. The van der Waals surface area contributed by atoms with Crippen LogP contribution in [0.3, 0.4) is 0 Å². The third-order valence-corrected chi connectivity index (χ3v) is 7.95. The maximum atomic E-state index is 11.5. The van der Waals surface area contributed by atoms with Crippen molar-refractivity contribution in [3.63, 3.8) is 0 Å². The molecule has 0 aliphatic heterocycles. The third-order valence-electron chi connectivity index (χ3n) is 7.95. The Morgan fingerprint density at radius 3 is 1.46 bits per heavy atom. The van der Waals surface area contributed by atoms with Crippen LogP contribution in [0.25, 0.3) is 0 Å². The van der Waals surface area contributed by atoms with Gasteiger partial charge in [0.05, 0.1) is 25.9 Å². The summed E-state index contributed by atoms with van der Waals surface area (Å²) in [6.45, 7) is 1.02. The number of benzene rings is 3. The molecule has 39 heavy (non-hydrogen) atoms. The molecule has 3 N–H and O–H groups in total. The van der Waals surface area contributed by atoms with Crippen molar-refractivity contribution in [3.8, 4) is 0 Å². The van der Waals surface area contributed by atoms with Crippen molar-refractivity contribution in [2.45, 2.75) is 94.5 Å². The van der Waals surface area contributed by atoms with Crippen molar-refractivity contribution in [2.75, 3.05) is 0 Å². The molecule has 2 fully saturated rings. The topological polar surface area (TPSA) is 80.2 Å². The second-order valence-corrected chi connectivity index (χ2v) is 10.8. The quantitative estimate of drug-likeness (QED) is 0.331. The number of rotatable bonds is 11. The van der Waals surface area contributed by atoms with Crippen molar-refractivity contribution in [1.29, 1.82) is 0 Å². The molecule has 208 valence electrons. The van der Waals surface area contributed by atoms with Crippen LogP contribution < -0.4 is 5.32 Å². The first-order valence-electron chi connectivity index (χ1n) is 14.3. The second-order valence-electron chi connectivity index (χ2n) is 10.8. The van der Waals surface area contributed by atoms with Crippen LogP contribution in [0.5, 0.6) is 0 Å². The van der Waals surface area contributed by atoms with Gasteiger partial charge in [-0.3, -0.25) is 0 Å². The lowest BCUT2D eigenvalue weighted by Crippen LogP contribution is -2.70. The number of hydrogen-bond acceptors (Lipinski definition) is 6. The van der Waals surface area contributed by atoms with E-state index in [9.17, 15) is 10.2 Å². The highest BCUT2D eigenvalue weighted by Gasteiger charge is 2.52. The first kappa shape index (κ1) is 28.0. The van der Waals surface area contributed by atoms with Crippen LogP contribution >= 0.6 is 0 Å². The lowest BCUT2D eigenvalue weighted by atomic mass is 9.81. The zero-order chi connectivity index (χ0) is 26.9. The summed E-state index contributed by atoms with van der Waals surface area (Å²) in [4.78, 5) is 0. The molecule has 0 saturated heterocycles. The van der Waals surface area contributed by atoms with Gasteiger partial charge in [0.1, 0.15) is 30.5 Å². The monoisotopic (exact) mass is 531 g/mol. The smallest absolute Gasteiger partial charge is 0.115 e. The van der Waals surface area contributed by atoms with Crippen molar-refractivity contribution >= 4 is 0 Å². The molecule has 0 unspecified atom stereocenters. The van der Waals surface area contributed by atoms with Gasteiger partial charge in [0.25, 0.3) is 0 Å². The van der Waals surface area contributed by atoms with Crippen molar-refractivity contribution in [2.24, 2.45) is 0 Å². The summed E-state index contributed by atoms with van der Waals surface area (Å²) in [6, 6.07) is 29.6. The van der Waals surface area contributed by atoms with Gasteiger partial charge in [-0.25, -0.2) is 0 Å². The number of ether oxygens (including phenoxy) is 3. The summed E-state index contributed by atoms with van der Waals surface area (Å²) < 4.78 is 19.5. The van der Waals surface area contributed by atoms with E-state index >= 15 is 0 Å². The molecule has 0 amide bonds. The van der Waals surface area contributed by atoms with E-state index in [1.165, 1.54) is 6.42 Å². The predicted molar refractivity (Wildman–Crippen MR) is 151 cm³/mol. The fourth-order valence-electron chi connectivity index (χ4n) is 5.80. The van der Waals surface area contributed by atoms with Crippen LogP contribution in [-0.2, 0) is 34.0 Å². The highest BCUT2D eigenvalue weighted by molar-refractivity contribution is 5.16. The average molecular weight is 532 g/mol. The van der Waals surface area contributed by atoms with Crippen LogP contribution in [-0.4, -0.2) is 52.8 Å². The zero-order valence-corrected chi connectivity index (χ0v) is 22.5. The van der Waals surface area contributed by atoms with Gasteiger partial charge in [0.15, 0.2) is 0 Å². The van der Waals surface area contributed by atoms with Crippen LogP contribution in [0, 0.1) is 0 Å². The van der Waals surface area contributed by atoms with Gasteiger partial charge in [-0.15, -0.1) is 0 Å². The Bertz CT molecular complexity index is 1090. The Labute approximate surface area is 231 Å². The summed E-state index contributed by atoms with van der Waals surface area (Å²) in [5, 5.41) is 26.6. The highest BCUT2D eigenvalue weighted by atomic mass is 16.6. The SMILES string of the molecule is O[C@@H]1[C@H](O)[C@@H](OCc2ccccc2)[C@H](OCc2ccccc2)[C@@H](OCc2ccccc2)[C@H]1NC1CCCCC1. The van der Waals surface area contributed by atoms with E-state index in [0.717, 1.165) is 42.4 Å². The minimum atomic E-state index is -1.13. The molecule has 3 aromatic carbocycles. The zero-order valence-electron chi connectivity index (χ0n) is 22.5. The molecule has 3 aromatic rings. The lowest BCUT2D eigenvalue weighted by Gasteiger charge is -2.48. The summed E-state index contributed by atoms with van der Waals surface area (Å²) in [7, 11) is 0. The van der Waals surface area contributed by atoms with Crippen LogP contribution in [0.1, 0.15) is 48.8 Å². The number of nitrogens with one attached hydrogen (secondary N) is 1. The van der Waals surface area contributed by atoms with Gasteiger partial charge in [0.2, 0.25) is 0 Å².